The molecule has 1 radical (unpaired) electrons. The minimum Gasteiger partial charge on any atom is -0.456 e. The van der Waals surface area contributed by atoms with E-state index >= 15 is 0 Å². The number of furan rings is 1. The first-order valence-corrected chi connectivity index (χ1v) is 11.7. The Morgan fingerprint density at radius 3 is 2.34 bits per heavy atom. The number of aromatic nitrogens is 1. The number of para-hydroxylation sites is 1. The number of fused-ring (bicyclic) bond motifs is 5. The second-order valence-corrected chi connectivity index (χ2v) is 10.00. The van der Waals surface area contributed by atoms with Crippen LogP contribution < -0.4 is 5.46 Å². The molecule has 1 N–H and O–H groups in total. The van der Waals surface area contributed by atoms with Gasteiger partial charge in [-0.1, -0.05) is 48.5 Å². The van der Waals surface area contributed by atoms with E-state index in [1.54, 1.807) is 21.3 Å². The fourth-order valence-corrected chi connectivity index (χ4v) is 4.18. The van der Waals surface area contributed by atoms with Crippen LogP contribution in [-0.4, -0.2) is 28.8 Å². The number of nitrogens with zero attached hydrogens (tertiary/aromatic N) is 1. The van der Waals surface area contributed by atoms with Gasteiger partial charge < -0.3 is 18.6 Å². The Bertz CT molecular complexity index is 1720. The van der Waals surface area contributed by atoms with Gasteiger partial charge in [0.2, 0.25) is 5.89 Å². The summed E-state index contributed by atoms with van der Waals surface area (Å²) in [6.45, 7) is 7.16. The minimum absolute atomic E-state index is 0.527. The lowest BCUT2D eigenvalue weighted by Gasteiger charge is -2.37. The van der Waals surface area contributed by atoms with E-state index in [1.165, 1.54) is 0 Å². The second kappa shape index (κ2) is 7.70. The molecule has 0 aliphatic heterocycles. The van der Waals surface area contributed by atoms with Crippen molar-refractivity contribution < 1.29 is 18.6 Å². The van der Waals surface area contributed by atoms with Crippen molar-refractivity contribution in [3.05, 3.63) is 72.8 Å². The molecule has 2 heterocycles. The third-order valence-corrected chi connectivity index (χ3v) is 7.00. The number of hydrogen-bond donors (Lipinski definition) is 1. The fraction of sp³-hybridized carbons (Fsp3) is 0.207. The molecular formula is C29H25BNO4. The van der Waals surface area contributed by atoms with Crippen LogP contribution in [0.1, 0.15) is 27.7 Å². The number of oxazole rings is 1. The predicted molar refractivity (Wildman–Crippen MR) is 141 cm³/mol. The summed E-state index contributed by atoms with van der Waals surface area (Å²) in [5, 5.41) is 14.8. The zero-order valence-electron chi connectivity index (χ0n) is 20.1. The molecule has 173 valence electrons. The van der Waals surface area contributed by atoms with E-state index in [0.717, 1.165) is 32.7 Å². The van der Waals surface area contributed by atoms with Crippen LogP contribution >= 0.6 is 0 Å². The SMILES string of the molecule is CC(C)(O)C(C)(C)O[B]c1c2nc(-c3ccc4ccccc4c3)oc2cc2c1oc1ccccc12. The first kappa shape index (κ1) is 21.9. The highest BCUT2D eigenvalue weighted by atomic mass is 16.5. The maximum absolute atomic E-state index is 10.6. The first-order chi connectivity index (χ1) is 16.7. The summed E-state index contributed by atoms with van der Waals surface area (Å²) in [6.07, 6.45) is 0. The second-order valence-electron chi connectivity index (χ2n) is 10.00. The summed E-state index contributed by atoms with van der Waals surface area (Å²) >= 11 is 0. The smallest absolute Gasteiger partial charge is 0.337 e. The summed E-state index contributed by atoms with van der Waals surface area (Å²) in [5.41, 5.74) is 2.40. The molecule has 0 amide bonds. The Labute approximate surface area is 203 Å². The van der Waals surface area contributed by atoms with Gasteiger partial charge in [0.25, 0.3) is 0 Å². The molecule has 0 spiro atoms. The molecule has 0 aliphatic carbocycles. The topological polar surface area (TPSA) is 68.6 Å². The molecule has 0 fully saturated rings. The molecule has 5 nitrogen and oxygen atoms in total. The molecule has 2 aromatic heterocycles. The van der Waals surface area contributed by atoms with Gasteiger partial charge in [-0.2, -0.15) is 0 Å². The maximum atomic E-state index is 10.6. The molecule has 6 heteroatoms. The molecule has 0 saturated heterocycles. The van der Waals surface area contributed by atoms with Gasteiger partial charge in [-0.3, -0.25) is 0 Å². The van der Waals surface area contributed by atoms with Crippen molar-refractivity contribution in [2.75, 3.05) is 0 Å². The highest BCUT2D eigenvalue weighted by Crippen LogP contribution is 2.34. The third-order valence-electron chi connectivity index (χ3n) is 7.00. The van der Waals surface area contributed by atoms with Crippen LogP contribution in [-0.2, 0) is 4.65 Å². The standard InChI is InChI=1S/C29H25BNO4/c1-28(2,32)29(3,4)35-30-24-25-23(16-21-20-11-7-8-12-22(20)33-26(21)24)34-27(31-25)19-14-13-17-9-5-6-10-18(17)15-19/h5-16,32H,1-4H3. The Balaban J connectivity index is 1.55. The molecule has 0 bridgehead atoms. The van der Waals surface area contributed by atoms with Crippen LogP contribution in [0.4, 0.5) is 0 Å². The number of rotatable bonds is 5. The van der Waals surface area contributed by atoms with Crippen molar-refractivity contribution in [2.45, 2.75) is 38.9 Å². The van der Waals surface area contributed by atoms with Crippen molar-refractivity contribution in [3.63, 3.8) is 0 Å². The van der Waals surface area contributed by atoms with Crippen LogP contribution in [0.3, 0.4) is 0 Å². The van der Waals surface area contributed by atoms with Crippen molar-refractivity contribution in [1.82, 2.24) is 4.98 Å². The summed E-state index contributed by atoms with van der Waals surface area (Å²) in [6, 6.07) is 24.3. The summed E-state index contributed by atoms with van der Waals surface area (Å²) in [4.78, 5) is 4.87. The number of benzene rings is 4. The van der Waals surface area contributed by atoms with Crippen molar-refractivity contribution in [3.8, 4) is 11.5 Å². The average Bonchev–Trinajstić information content (AvgIpc) is 3.42. The van der Waals surface area contributed by atoms with Crippen LogP contribution in [0.15, 0.2) is 81.6 Å². The molecule has 0 atom stereocenters. The van der Waals surface area contributed by atoms with Crippen LogP contribution in [0.2, 0.25) is 0 Å². The maximum Gasteiger partial charge on any atom is 0.337 e. The highest BCUT2D eigenvalue weighted by Gasteiger charge is 2.36. The van der Waals surface area contributed by atoms with Crippen molar-refractivity contribution >= 4 is 56.8 Å². The van der Waals surface area contributed by atoms with Gasteiger partial charge in [-0.05, 0) is 62.7 Å². The molecule has 0 aliphatic rings. The van der Waals surface area contributed by atoms with Gasteiger partial charge in [-0.15, -0.1) is 0 Å². The molecule has 0 saturated carbocycles. The Morgan fingerprint density at radius 2 is 1.54 bits per heavy atom. The molecule has 6 aromatic rings. The van der Waals surface area contributed by atoms with E-state index in [9.17, 15) is 5.11 Å². The fourth-order valence-electron chi connectivity index (χ4n) is 4.18. The Kier molecular flexibility index (Phi) is 4.82. The summed E-state index contributed by atoms with van der Waals surface area (Å²) in [7, 11) is 1.64. The molecule has 0 unspecified atom stereocenters. The van der Waals surface area contributed by atoms with Crippen LogP contribution in [0.5, 0.6) is 0 Å². The van der Waals surface area contributed by atoms with Crippen molar-refractivity contribution in [1.29, 1.82) is 0 Å². The van der Waals surface area contributed by atoms with Gasteiger partial charge in [0, 0.05) is 21.8 Å². The monoisotopic (exact) mass is 462 g/mol. The number of aliphatic hydroxyl groups is 1. The lowest BCUT2D eigenvalue weighted by molar-refractivity contribution is -0.0892. The number of hydrogen-bond acceptors (Lipinski definition) is 5. The molecule has 35 heavy (non-hydrogen) atoms. The average molecular weight is 462 g/mol. The molecule has 4 aromatic carbocycles. The third kappa shape index (κ3) is 3.61. The van der Waals surface area contributed by atoms with Gasteiger partial charge in [0.05, 0.1) is 11.2 Å². The van der Waals surface area contributed by atoms with E-state index < -0.39 is 11.2 Å². The normalized spacial score (nSPS) is 12.8. The Morgan fingerprint density at radius 1 is 0.800 bits per heavy atom. The van der Waals surface area contributed by atoms with Crippen LogP contribution in [0.25, 0.3) is 55.3 Å². The minimum atomic E-state index is -1.07. The van der Waals surface area contributed by atoms with E-state index in [0.29, 0.717) is 28.0 Å². The van der Waals surface area contributed by atoms with Gasteiger partial charge in [0.1, 0.15) is 16.7 Å². The van der Waals surface area contributed by atoms with E-state index in [2.05, 4.69) is 24.3 Å². The highest BCUT2D eigenvalue weighted by molar-refractivity contribution is 6.55. The quantitative estimate of drug-likeness (QED) is 0.302. The lowest BCUT2D eigenvalue weighted by atomic mass is 9.81. The lowest BCUT2D eigenvalue weighted by Crippen LogP contribution is -2.49. The summed E-state index contributed by atoms with van der Waals surface area (Å²) < 4.78 is 18.7. The predicted octanol–water partition coefficient (Wildman–Crippen LogP) is 6.36. The Hall–Kier alpha value is -3.61. The zero-order chi connectivity index (χ0) is 24.4. The first-order valence-electron chi connectivity index (χ1n) is 11.7. The summed E-state index contributed by atoms with van der Waals surface area (Å²) in [5.74, 6) is 0.527. The van der Waals surface area contributed by atoms with Gasteiger partial charge >= 0.3 is 7.48 Å². The van der Waals surface area contributed by atoms with Crippen LogP contribution in [0, 0.1) is 0 Å². The van der Waals surface area contributed by atoms with Gasteiger partial charge in [-0.25, -0.2) is 4.98 Å². The van der Waals surface area contributed by atoms with E-state index in [4.69, 9.17) is 18.5 Å². The molecule has 6 rings (SSSR count). The zero-order valence-corrected chi connectivity index (χ0v) is 20.1. The van der Waals surface area contributed by atoms with E-state index in [1.807, 2.05) is 62.4 Å². The van der Waals surface area contributed by atoms with Crippen molar-refractivity contribution in [2.24, 2.45) is 0 Å². The molecular weight excluding hydrogens is 437 g/mol. The largest absolute Gasteiger partial charge is 0.456 e. The van der Waals surface area contributed by atoms with E-state index in [-0.39, 0.29) is 0 Å². The van der Waals surface area contributed by atoms with Gasteiger partial charge in [0.15, 0.2) is 5.58 Å².